The molecule has 0 aliphatic carbocycles. The van der Waals surface area contributed by atoms with E-state index in [0.29, 0.717) is 19.6 Å². The number of hydrogen-bond donors (Lipinski definition) is 2. The van der Waals surface area contributed by atoms with Gasteiger partial charge in [-0.2, -0.15) is 0 Å². The van der Waals surface area contributed by atoms with Gasteiger partial charge >= 0.3 is 0 Å². The number of para-hydroxylation sites is 1. The Morgan fingerprint density at radius 2 is 2.10 bits per heavy atom. The van der Waals surface area contributed by atoms with E-state index < -0.39 is 0 Å². The van der Waals surface area contributed by atoms with Gasteiger partial charge in [-0.05, 0) is 18.6 Å². The van der Waals surface area contributed by atoms with Crippen LogP contribution in [-0.4, -0.2) is 43.6 Å². The predicted octanol–water partition coefficient (Wildman–Crippen LogP) is 1.73. The number of benzene rings is 1. The normalized spacial score (nSPS) is 12.5. The van der Waals surface area contributed by atoms with Crippen molar-refractivity contribution in [2.45, 2.75) is 19.0 Å². The smallest absolute Gasteiger partial charge is 0.145 e. The molecule has 114 valence electrons. The minimum absolute atomic E-state index is 0.121. The highest BCUT2D eigenvalue weighted by atomic mass is 16.5. The first kappa shape index (κ1) is 15.7. The van der Waals surface area contributed by atoms with Gasteiger partial charge in [0.25, 0.3) is 0 Å². The summed E-state index contributed by atoms with van der Waals surface area (Å²) in [5.74, 6) is 0.776. The lowest BCUT2D eigenvalue weighted by Gasteiger charge is -2.16. The van der Waals surface area contributed by atoms with Crippen LogP contribution in [0.3, 0.4) is 0 Å². The summed E-state index contributed by atoms with van der Waals surface area (Å²) in [5.41, 5.74) is 1.80. The SMILES string of the molecule is COCC(CCO)NCc1ccc2cccc(OC)c2n1. The molecule has 0 aliphatic rings. The van der Waals surface area contributed by atoms with Crippen LogP contribution in [-0.2, 0) is 11.3 Å². The first-order valence-electron chi connectivity index (χ1n) is 7.04. The number of aliphatic hydroxyl groups is 1. The molecule has 0 saturated carbocycles. The molecule has 21 heavy (non-hydrogen) atoms. The molecule has 1 aromatic carbocycles. The molecule has 1 unspecified atom stereocenters. The van der Waals surface area contributed by atoms with Crippen molar-refractivity contribution in [3.8, 4) is 5.75 Å². The summed E-state index contributed by atoms with van der Waals surface area (Å²) in [6.07, 6.45) is 0.657. The van der Waals surface area contributed by atoms with E-state index >= 15 is 0 Å². The van der Waals surface area contributed by atoms with Crippen LogP contribution in [0.1, 0.15) is 12.1 Å². The summed E-state index contributed by atoms with van der Waals surface area (Å²) >= 11 is 0. The van der Waals surface area contributed by atoms with Crippen LogP contribution in [0.2, 0.25) is 0 Å². The summed E-state index contributed by atoms with van der Waals surface area (Å²) in [7, 11) is 3.31. The molecule has 1 atom stereocenters. The maximum absolute atomic E-state index is 9.04. The fourth-order valence-corrected chi connectivity index (χ4v) is 2.27. The van der Waals surface area contributed by atoms with E-state index in [1.165, 1.54) is 0 Å². The van der Waals surface area contributed by atoms with Gasteiger partial charge in [-0.25, -0.2) is 4.98 Å². The fraction of sp³-hybridized carbons (Fsp3) is 0.438. The number of pyridine rings is 1. The van der Waals surface area contributed by atoms with Gasteiger partial charge in [0, 0.05) is 31.7 Å². The van der Waals surface area contributed by atoms with Gasteiger partial charge in [0.05, 0.1) is 19.4 Å². The number of rotatable bonds is 8. The van der Waals surface area contributed by atoms with Crippen molar-refractivity contribution in [3.05, 3.63) is 36.0 Å². The zero-order chi connectivity index (χ0) is 15.1. The van der Waals surface area contributed by atoms with Crippen LogP contribution in [0.25, 0.3) is 10.9 Å². The third-order valence-electron chi connectivity index (χ3n) is 3.38. The number of ether oxygens (including phenoxy) is 2. The van der Waals surface area contributed by atoms with E-state index in [4.69, 9.17) is 14.6 Å². The molecule has 0 bridgehead atoms. The van der Waals surface area contributed by atoms with E-state index in [2.05, 4.69) is 10.3 Å². The molecule has 2 rings (SSSR count). The second-order valence-corrected chi connectivity index (χ2v) is 4.88. The fourth-order valence-electron chi connectivity index (χ4n) is 2.27. The van der Waals surface area contributed by atoms with Gasteiger partial charge < -0.3 is 19.9 Å². The second-order valence-electron chi connectivity index (χ2n) is 4.88. The van der Waals surface area contributed by atoms with Crippen molar-refractivity contribution in [1.82, 2.24) is 10.3 Å². The molecule has 0 amide bonds. The maximum Gasteiger partial charge on any atom is 0.145 e. The Morgan fingerprint density at radius 3 is 2.81 bits per heavy atom. The topological polar surface area (TPSA) is 63.6 Å². The number of hydrogen-bond acceptors (Lipinski definition) is 5. The molecule has 2 N–H and O–H groups in total. The van der Waals surface area contributed by atoms with Gasteiger partial charge in [0.15, 0.2) is 0 Å². The molecule has 1 aromatic heterocycles. The Bertz CT molecular complexity index is 568. The van der Waals surface area contributed by atoms with E-state index in [1.54, 1.807) is 14.2 Å². The van der Waals surface area contributed by atoms with E-state index in [1.807, 2.05) is 30.3 Å². The average Bonchev–Trinajstić information content (AvgIpc) is 2.52. The molecule has 1 heterocycles. The number of methoxy groups -OCH3 is 2. The molecule has 5 nitrogen and oxygen atoms in total. The van der Waals surface area contributed by atoms with Crippen LogP contribution in [0.5, 0.6) is 5.75 Å². The Morgan fingerprint density at radius 1 is 1.24 bits per heavy atom. The van der Waals surface area contributed by atoms with Crippen molar-refractivity contribution >= 4 is 10.9 Å². The molecule has 0 radical (unpaired) electrons. The van der Waals surface area contributed by atoms with Gasteiger partial charge in [0.1, 0.15) is 11.3 Å². The maximum atomic E-state index is 9.04. The van der Waals surface area contributed by atoms with E-state index in [-0.39, 0.29) is 12.6 Å². The largest absolute Gasteiger partial charge is 0.494 e. The molecular weight excluding hydrogens is 268 g/mol. The van der Waals surface area contributed by atoms with Gasteiger partial charge in [-0.15, -0.1) is 0 Å². The Labute approximate surface area is 124 Å². The lowest BCUT2D eigenvalue weighted by molar-refractivity contribution is 0.148. The minimum Gasteiger partial charge on any atom is -0.494 e. The monoisotopic (exact) mass is 290 g/mol. The van der Waals surface area contributed by atoms with Crippen molar-refractivity contribution < 1.29 is 14.6 Å². The highest BCUT2D eigenvalue weighted by molar-refractivity contribution is 5.84. The third-order valence-corrected chi connectivity index (χ3v) is 3.38. The number of aliphatic hydroxyl groups excluding tert-OH is 1. The average molecular weight is 290 g/mol. The highest BCUT2D eigenvalue weighted by Gasteiger charge is 2.09. The number of fused-ring (bicyclic) bond motifs is 1. The molecule has 0 aliphatic heterocycles. The van der Waals surface area contributed by atoms with Crippen molar-refractivity contribution in [1.29, 1.82) is 0 Å². The Balaban J connectivity index is 2.11. The summed E-state index contributed by atoms with van der Waals surface area (Å²) in [6, 6.07) is 10.0. The molecule has 5 heteroatoms. The summed E-state index contributed by atoms with van der Waals surface area (Å²) in [4.78, 5) is 4.65. The zero-order valence-corrected chi connectivity index (χ0v) is 12.5. The first-order chi connectivity index (χ1) is 10.3. The highest BCUT2D eigenvalue weighted by Crippen LogP contribution is 2.23. The number of nitrogens with one attached hydrogen (secondary N) is 1. The quantitative estimate of drug-likeness (QED) is 0.775. The molecule has 2 aromatic rings. The molecular formula is C16H22N2O3. The summed E-state index contributed by atoms with van der Waals surface area (Å²) < 4.78 is 10.5. The zero-order valence-electron chi connectivity index (χ0n) is 12.5. The van der Waals surface area contributed by atoms with Crippen molar-refractivity contribution in [2.24, 2.45) is 0 Å². The van der Waals surface area contributed by atoms with Crippen LogP contribution in [0, 0.1) is 0 Å². The standard InChI is InChI=1S/C16H22N2O3/c1-20-11-14(8-9-19)17-10-13-7-6-12-4-3-5-15(21-2)16(12)18-13/h3-7,14,17,19H,8-11H2,1-2H3. The second kappa shape index (κ2) is 7.93. The lowest BCUT2D eigenvalue weighted by Crippen LogP contribution is -2.33. The number of nitrogens with zero attached hydrogens (tertiary/aromatic N) is 1. The molecule has 0 saturated heterocycles. The Hall–Kier alpha value is -1.69. The van der Waals surface area contributed by atoms with Crippen LogP contribution in [0.4, 0.5) is 0 Å². The van der Waals surface area contributed by atoms with Gasteiger partial charge in [0.2, 0.25) is 0 Å². The first-order valence-corrected chi connectivity index (χ1v) is 7.04. The molecule has 0 spiro atoms. The lowest BCUT2D eigenvalue weighted by atomic mass is 10.1. The Kier molecular flexibility index (Phi) is 5.92. The van der Waals surface area contributed by atoms with E-state index in [9.17, 15) is 0 Å². The van der Waals surface area contributed by atoms with Gasteiger partial charge in [-0.3, -0.25) is 0 Å². The van der Waals surface area contributed by atoms with Crippen LogP contribution < -0.4 is 10.1 Å². The summed E-state index contributed by atoms with van der Waals surface area (Å²) in [5, 5.41) is 13.5. The third kappa shape index (κ3) is 4.14. The van der Waals surface area contributed by atoms with E-state index in [0.717, 1.165) is 22.3 Å². The summed E-state index contributed by atoms with van der Waals surface area (Å²) in [6.45, 7) is 1.33. The van der Waals surface area contributed by atoms with Crippen LogP contribution in [0.15, 0.2) is 30.3 Å². The number of aromatic nitrogens is 1. The van der Waals surface area contributed by atoms with Crippen molar-refractivity contribution in [3.63, 3.8) is 0 Å². The van der Waals surface area contributed by atoms with Crippen molar-refractivity contribution in [2.75, 3.05) is 27.4 Å². The van der Waals surface area contributed by atoms with Gasteiger partial charge in [-0.1, -0.05) is 18.2 Å². The molecule has 0 fully saturated rings. The minimum atomic E-state index is 0.121. The van der Waals surface area contributed by atoms with Crippen LogP contribution >= 0.6 is 0 Å². The predicted molar refractivity (Wildman–Crippen MR) is 82.5 cm³/mol.